The standard InChI is InChI=1S/C34H43N7O3/c1-34(2,3)22-17-21(32(42)37-4)18-23(19-22)38-33(43)39-27-13-14-29(26-10-7-6-9-25(26)27)44-24-12-15-30(35)41(20-24)31(36)28-11-8-16-40(28)5/h6-7,9-10,12,15,17-20,27-29,35-36H,8,11,13-14,16H2,1-5H3,(H,37,42)(H2,38,39,43)/t27-,28-,29+/m0/s1. The zero-order chi connectivity index (χ0) is 31.6. The van der Waals surface area contributed by atoms with Gasteiger partial charge in [0.15, 0.2) is 0 Å². The second-order valence-electron chi connectivity index (χ2n) is 12.7. The molecule has 0 unspecified atom stereocenters. The Hall–Kier alpha value is -4.44. The van der Waals surface area contributed by atoms with Crippen LogP contribution in [0.3, 0.4) is 0 Å². The number of hydrogen-bond acceptors (Lipinski definition) is 6. The van der Waals surface area contributed by atoms with Gasteiger partial charge in [-0.1, -0.05) is 45.0 Å². The molecule has 5 N–H and O–H groups in total. The summed E-state index contributed by atoms with van der Waals surface area (Å²) in [6.07, 6.45) is 4.80. The second kappa shape index (κ2) is 12.7. The van der Waals surface area contributed by atoms with E-state index in [0.717, 1.165) is 36.1 Å². The molecular weight excluding hydrogens is 554 g/mol. The van der Waals surface area contributed by atoms with Crippen molar-refractivity contribution in [1.82, 2.24) is 20.1 Å². The Kier molecular flexibility index (Phi) is 8.92. The van der Waals surface area contributed by atoms with Gasteiger partial charge in [-0.2, -0.15) is 0 Å². The lowest BCUT2D eigenvalue weighted by molar-refractivity contribution is 0.0963. The van der Waals surface area contributed by atoms with Crippen LogP contribution in [0.5, 0.6) is 5.75 Å². The molecule has 3 amide bonds. The fourth-order valence-corrected chi connectivity index (χ4v) is 6.09. The van der Waals surface area contributed by atoms with Crippen molar-refractivity contribution in [1.29, 1.82) is 10.8 Å². The third kappa shape index (κ3) is 6.70. The first-order chi connectivity index (χ1) is 20.9. The van der Waals surface area contributed by atoms with Crippen LogP contribution in [-0.2, 0) is 5.41 Å². The first-order valence-electron chi connectivity index (χ1n) is 15.2. The van der Waals surface area contributed by atoms with Gasteiger partial charge in [-0.3, -0.25) is 25.1 Å². The van der Waals surface area contributed by atoms with Crippen molar-refractivity contribution in [2.45, 2.75) is 70.1 Å². The topological polar surface area (TPSA) is 135 Å². The Morgan fingerprint density at radius 3 is 2.43 bits per heavy atom. The maximum absolute atomic E-state index is 13.2. The molecule has 2 aromatic carbocycles. The summed E-state index contributed by atoms with van der Waals surface area (Å²) in [4.78, 5) is 27.8. The molecule has 232 valence electrons. The van der Waals surface area contributed by atoms with Crippen LogP contribution in [0.25, 0.3) is 0 Å². The largest absolute Gasteiger partial charge is 0.484 e. The van der Waals surface area contributed by atoms with Gasteiger partial charge in [0.1, 0.15) is 23.2 Å². The van der Waals surface area contributed by atoms with Gasteiger partial charge in [-0.15, -0.1) is 0 Å². The van der Waals surface area contributed by atoms with Gasteiger partial charge in [-0.05, 0) is 91.7 Å². The molecule has 3 atom stereocenters. The molecule has 0 bridgehead atoms. The third-order valence-electron chi connectivity index (χ3n) is 8.58. The lowest BCUT2D eigenvalue weighted by Gasteiger charge is -2.32. The summed E-state index contributed by atoms with van der Waals surface area (Å²) in [5.74, 6) is 0.772. The highest BCUT2D eigenvalue weighted by molar-refractivity contribution is 5.97. The number of likely N-dealkylation sites (tertiary alicyclic amines) is 1. The Morgan fingerprint density at radius 2 is 1.75 bits per heavy atom. The van der Waals surface area contributed by atoms with Gasteiger partial charge in [0.2, 0.25) is 0 Å². The molecule has 0 spiro atoms. The first-order valence-corrected chi connectivity index (χ1v) is 15.2. The minimum Gasteiger partial charge on any atom is -0.484 e. The van der Waals surface area contributed by atoms with Crippen LogP contribution in [0.4, 0.5) is 10.5 Å². The minimum atomic E-state index is -0.347. The van der Waals surface area contributed by atoms with Crippen molar-refractivity contribution in [2.75, 3.05) is 26.0 Å². The highest BCUT2D eigenvalue weighted by Crippen LogP contribution is 2.39. The lowest BCUT2D eigenvalue weighted by Crippen LogP contribution is -2.40. The van der Waals surface area contributed by atoms with E-state index in [1.54, 1.807) is 36.0 Å². The summed E-state index contributed by atoms with van der Waals surface area (Å²) in [5.41, 5.74) is 4.01. The number of anilines is 1. The molecule has 2 aliphatic rings. The number of aromatic nitrogens is 1. The predicted octanol–water partition coefficient (Wildman–Crippen LogP) is 5.32. The van der Waals surface area contributed by atoms with E-state index in [1.807, 2.05) is 43.4 Å². The number of benzene rings is 2. The van der Waals surface area contributed by atoms with Gasteiger partial charge in [0.25, 0.3) is 5.91 Å². The molecule has 1 saturated heterocycles. The maximum atomic E-state index is 13.2. The Labute approximate surface area is 258 Å². The summed E-state index contributed by atoms with van der Waals surface area (Å²) in [6.45, 7) is 7.15. The van der Waals surface area contributed by atoms with Crippen molar-refractivity contribution < 1.29 is 14.3 Å². The summed E-state index contributed by atoms with van der Waals surface area (Å²) in [7, 11) is 3.61. The van der Waals surface area contributed by atoms with Crippen LogP contribution >= 0.6 is 0 Å². The molecule has 0 saturated carbocycles. The fourth-order valence-electron chi connectivity index (χ4n) is 6.09. The number of pyridine rings is 1. The number of ether oxygens (including phenoxy) is 1. The molecule has 1 aliphatic carbocycles. The summed E-state index contributed by atoms with van der Waals surface area (Å²) >= 11 is 0. The number of fused-ring (bicyclic) bond motifs is 1. The van der Waals surface area contributed by atoms with Crippen LogP contribution in [0, 0.1) is 10.8 Å². The Balaban J connectivity index is 1.31. The highest BCUT2D eigenvalue weighted by atomic mass is 16.5. The average Bonchev–Trinajstić information content (AvgIpc) is 3.43. The zero-order valence-corrected chi connectivity index (χ0v) is 26.2. The predicted molar refractivity (Wildman–Crippen MR) is 172 cm³/mol. The van der Waals surface area contributed by atoms with Gasteiger partial charge >= 0.3 is 6.03 Å². The quantitative estimate of drug-likeness (QED) is 0.194. The van der Waals surface area contributed by atoms with Crippen molar-refractivity contribution in [2.24, 2.45) is 0 Å². The number of urea groups is 1. The first kappa shape index (κ1) is 31.0. The maximum Gasteiger partial charge on any atom is 0.319 e. The number of carbonyl (C=O) groups is 2. The molecule has 5 rings (SSSR count). The molecule has 10 nitrogen and oxygen atoms in total. The Bertz CT molecular complexity index is 1620. The third-order valence-corrected chi connectivity index (χ3v) is 8.58. The minimum absolute atomic E-state index is 0.0148. The van der Waals surface area contributed by atoms with Crippen LogP contribution in [-0.4, -0.2) is 53.9 Å². The number of carbonyl (C=O) groups excluding carboxylic acids is 2. The summed E-state index contributed by atoms with van der Waals surface area (Å²) in [5, 5.41) is 25.9. The van der Waals surface area contributed by atoms with Crippen molar-refractivity contribution in [3.05, 3.63) is 88.5 Å². The van der Waals surface area contributed by atoms with Crippen LogP contribution in [0.2, 0.25) is 0 Å². The van der Waals surface area contributed by atoms with E-state index in [9.17, 15) is 9.59 Å². The van der Waals surface area contributed by atoms with Gasteiger partial charge in [-0.25, -0.2) is 4.79 Å². The molecule has 1 fully saturated rings. The average molecular weight is 598 g/mol. The van der Waals surface area contributed by atoms with Crippen LogP contribution in [0.15, 0.2) is 60.8 Å². The van der Waals surface area contributed by atoms with Crippen molar-refractivity contribution in [3.8, 4) is 5.75 Å². The molecule has 10 heteroatoms. The highest BCUT2D eigenvalue weighted by Gasteiger charge is 2.30. The molecule has 2 heterocycles. The van der Waals surface area contributed by atoms with Gasteiger partial charge in [0.05, 0.1) is 18.3 Å². The molecule has 1 aliphatic heterocycles. The molecular formula is C34H43N7O3. The molecule has 1 aromatic heterocycles. The lowest BCUT2D eigenvalue weighted by atomic mass is 9.85. The number of nitrogens with one attached hydrogen (secondary N) is 5. The normalized spacial score (nSPS) is 20.0. The number of hydrogen-bond donors (Lipinski definition) is 5. The van der Waals surface area contributed by atoms with Gasteiger partial charge in [0, 0.05) is 18.3 Å². The SMILES string of the molecule is CNC(=O)c1cc(NC(=O)N[C@H]2CC[C@@H](Oc3ccc(=N)n(C(=N)[C@@H]4CCCN4C)c3)c3ccccc32)cc(C(C)(C)C)c1. The monoisotopic (exact) mass is 597 g/mol. The fraction of sp³-hybridized carbons (Fsp3) is 0.412. The smallest absolute Gasteiger partial charge is 0.319 e. The summed E-state index contributed by atoms with van der Waals surface area (Å²) < 4.78 is 8.08. The van der Waals surface area contributed by atoms with E-state index < -0.39 is 0 Å². The number of amides is 3. The zero-order valence-electron chi connectivity index (χ0n) is 26.2. The van der Waals surface area contributed by atoms with E-state index in [1.165, 1.54) is 0 Å². The number of rotatable bonds is 6. The molecule has 44 heavy (non-hydrogen) atoms. The van der Waals surface area contributed by atoms with Crippen molar-refractivity contribution >= 4 is 23.5 Å². The van der Waals surface area contributed by atoms with Crippen molar-refractivity contribution in [3.63, 3.8) is 0 Å². The van der Waals surface area contributed by atoms with E-state index in [-0.39, 0.29) is 41.0 Å². The molecule has 3 aromatic rings. The molecule has 0 radical (unpaired) electrons. The Morgan fingerprint density at radius 1 is 1.00 bits per heavy atom. The summed E-state index contributed by atoms with van der Waals surface area (Å²) in [6, 6.07) is 16.3. The van der Waals surface area contributed by atoms with Gasteiger partial charge < -0.3 is 20.7 Å². The number of nitrogens with zero attached hydrogens (tertiary/aromatic N) is 2. The van der Waals surface area contributed by atoms with Crippen LogP contribution in [0.1, 0.15) is 85.6 Å². The number of likely N-dealkylation sites (N-methyl/N-ethyl adjacent to an activating group) is 1. The van der Waals surface area contributed by atoms with Crippen LogP contribution < -0.4 is 26.2 Å². The van der Waals surface area contributed by atoms with E-state index in [4.69, 9.17) is 15.6 Å². The van der Waals surface area contributed by atoms with E-state index in [2.05, 4.69) is 41.6 Å². The van der Waals surface area contributed by atoms with E-state index in [0.29, 0.717) is 35.7 Å². The van der Waals surface area contributed by atoms with E-state index >= 15 is 0 Å². The second-order valence-corrected chi connectivity index (χ2v) is 12.7.